The summed E-state index contributed by atoms with van der Waals surface area (Å²) in [7, 11) is 6.37. The first-order chi connectivity index (χ1) is 8.04. The summed E-state index contributed by atoms with van der Waals surface area (Å²) in [5.41, 5.74) is 0. The average molecular weight is 243 g/mol. The van der Waals surface area contributed by atoms with Gasteiger partial charge in [0.25, 0.3) is 0 Å². The number of rotatable bonds is 10. The molecule has 0 fully saturated rings. The molecule has 0 heterocycles. The monoisotopic (exact) mass is 243 g/mol. The van der Waals surface area contributed by atoms with Crippen molar-refractivity contribution in [3.63, 3.8) is 0 Å². The van der Waals surface area contributed by atoms with E-state index in [9.17, 15) is 0 Å². The molecule has 0 saturated heterocycles. The molecular formula is C14H33N3. The van der Waals surface area contributed by atoms with Crippen LogP contribution in [0.3, 0.4) is 0 Å². The zero-order chi connectivity index (χ0) is 13.3. The van der Waals surface area contributed by atoms with Gasteiger partial charge in [-0.15, -0.1) is 0 Å². The molecule has 0 aromatic heterocycles. The third-order valence-corrected chi connectivity index (χ3v) is 3.56. The van der Waals surface area contributed by atoms with Crippen molar-refractivity contribution in [2.24, 2.45) is 0 Å². The van der Waals surface area contributed by atoms with Gasteiger partial charge in [0.2, 0.25) is 0 Å². The molecule has 0 rings (SSSR count). The zero-order valence-electron chi connectivity index (χ0n) is 12.8. The Morgan fingerprint density at radius 2 is 1.82 bits per heavy atom. The predicted octanol–water partition coefficient (Wildman–Crippen LogP) is 2.04. The van der Waals surface area contributed by atoms with E-state index in [-0.39, 0.29) is 0 Å². The highest BCUT2D eigenvalue weighted by atomic mass is 15.2. The quantitative estimate of drug-likeness (QED) is 0.633. The minimum absolute atomic E-state index is 0.657. The lowest BCUT2D eigenvalue weighted by atomic mass is 10.1. The Morgan fingerprint density at radius 1 is 1.18 bits per heavy atom. The molecule has 0 aromatic carbocycles. The maximum atomic E-state index is 3.38. The Kier molecular flexibility index (Phi) is 9.79. The van der Waals surface area contributed by atoms with Crippen molar-refractivity contribution in [1.29, 1.82) is 0 Å². The minimum Gasteiger partial charge on any atom is -0.317 e. The molecule has 0 aliphatic heterocycles. The second kappa shape index (κ2) is 9.86. The number of hydrogen-bond acceptors (Lipinski definition) is 3. The summed E-state index contributed by atoms with van der Waals surface area (Å²) in [5.74, 6) is 0. The van der Waals surface area contributed by atoms with Gasteiger partial charge in [-0.3, -0.25) is 4.90 Å². The number of likely N-dealkylation sites (N-methyl/N-ethyl adjacent to an activating group) is 2. The van der Waals surface area contributed by atoms with E-state index in [1.54, 1.807) is 0 Å². The SMILES string of the molecule is CCC(CCCN(CC)C(C)CN(C)C)NC. The van der Waals surface area contributed by atoms with Crippen LogP contribution >= 0.6 is 0 Å². The third-order valence-electron chi connectivity index (χ3n) is 3.56. The number of nitrogens with zero attached hydrogens (tertiary/aromatic N) is 2. The molecular weight excluding hydrogens is 210 g/mol. The van der Waals surface area contributed by atoms with Crippen molar-refractivity contribution in [2.45, 2.75) is 52.1 Å². The standard InChI is InChI=1S/C14H33N3/c1-7-14(15-4)10-9-11-17(8-2)13(3)12-16(5)6/h13-15H,7-12H2,1-6H3. The highest BCUT2D eigenvalue weighted by Gasteiger charge is 2.13. The van der Waals surface area contributed by atoms with Gasteiger partial charge < -0.3 is 10.2 Å². The third kappa shape index (κ3) is 7.74. The molecule has 0 amide bonds. The van der Waals surface area contributed by atoms with E-state index in [4.69, 9.17) is 0 Å². The second-order valence-electron chi connectivity index (χ2n) is 5.28. The summed E-state index contributed by atoms with van der Waals surface area (Å²) in [6.45, 7) is 10.4. The van der Waals surface area contributed by atoms with Gasteiger partial charge >= 0.3 is 0 Å². The van der Waals surface area contributed by atoms with Gasteiger partial charge in [-0.05, 0) is 60.4 Å². The van der Waals surface area contributed by atoms with E-state index in [1.165, 1.54) is 25.8 Å². The fraction of sp³-hybridized carbons (Fsp3) is 1.00. The molecule has 2 unspecified atom stereocenters. The lowest BCUT2D eigenvalue weighted by molar-refractivity contribution is 0.177. The van der Waals surface area contributed by atoms with E-state index < -0.39 is 0 Å². The summed E-state index contributed by atoms with van der Waals surface area (Å²) >= 11 is 0. The van der Waals surface area contributed by atoms with Crippen LogP contribution in [0.1, 0.15) is 40.0 Å². The van der Waals surface area contributed by atoms with E-state index in [1.807, 2.05) is 0 Å². The number of nitrogens with one attached hydrogen (secondary N) is 1. The van der Waals surface area contributed by atoms with Crippen molar-refractivity contribution >= 4 is 0 Å². The molecule has 2 atom stereocenters. The molecule has 0 radical (unpaired) electrons. The lowest BCUT2D eigenvalue weighted by Crippen LogP contribution is -2.40. The van der Waals surface area contributed by atoms with Crippen LogP contribution in [0, 0.1) is 0 Å². The average Bonchev–Trinajstić information content (AvgIpc) is 2.28. The van der Waals surface area contributed by atoms with Crippen LogP contribution < -0.4 is 5.32 Å². The molecule has 0 saturated carbocycles. The molecule has 0 aliphatic rings. The smallest absolute Gasteiger partial charge is 0.0194 e. The van der Waals surface area contributed by atoms with Crippen LogP contribution in [-0.2, 0) is 0 Å². The molecule has 3 nitrogen and oxygen atoms in total. The molecule has 1 N–H and O–H groups in total. The first-order valence-electron chi connectivity index (χ1n) is 7.11. The fourth-order valence-electron chi connectivity index (χ4n) is 2.43. The fourth-order valence-corrected chi connectivity index (χ4v) is 2.43. The van der Waals surface area contributed by atoms with Crippen LogP contribution in [-0.4, -0.2) is 62.7 Å². The highest BCUT2D eigenvalue weighted by Crippen LogP contribution is 2.06. The molecule has 3 heteroatoms. The van der Waals surface area contributed by atoms with E-state index >= 15 is 0 Å². The van der Waals surface area contributed by atoms with Gasteiger partial charge in [-0.1, -0.05) is 13.8 Å². The van der Waals surface area contributed by atoms with Crippen molar-refractivity contribution in [3.8, 4) is 0 Å². The van der Waals surface area contributed by atoms with Crippen LogP contribution in [0.2, 0.25) is 0 Å². The van der Waals surface area contributed by atoms with Crippen molar-refractivity contribution in [1.82, 2.24) is 15.1 Å². The van der Waals surface area contributed by atoms with Crippen LogP contribution in [0.5, 0.6) is 0 Å². The van der Waals surface area contributed by atoms with E-state index in [2.05, 4.69) is 57.0 Å². The van der Waals surface area contributed by atoms with Crippen molar-refractivity contribution < 1.29 is 0 Å². The van der Waals surface area contributed by atoms with Gasteiger partial charge in [0.1, 0.15) is 0 Å². The zero-order valence-corrected chi connectivity index (χ0v) is 12.8. The summed E-state index contributed by atoms with van der Waals surface area (Å²) < 4.78 is 0. The van der Waals surface area contributed by atoms with Gasteiger partial charge in [-0.2, -0.15) is 0 Å². The van der Waals surface area contributed by atoms with Crippen LogP contribution in [0.15, 0.2) is 0 Å². The summed E-state index contributed by atoms with van der Waals surface area (Å²) in [6.07, 6.45) is 3.82. The van der Waals surface area contributed by atoms with E-state index in [0.717, 1.165) is 13.1 Å². The molecule has 0 aromatic rings. The second-order valence-corrected chi connectivity index (χ2v) is 5.28. The Morgan fingerprint density at radius 3 is 2.24 bits per heavy atom. The normalized spacial score (nSPS) is 15.5. The Labute approximate surface area is 109 Å². The van der Waals surface area contributed by atoms with Gasteiger partial charge in [0.15, 0.2) is 0 Å². The maximum Gasteiger partial charge on any atom is 0.0194 e. The molecule has 104 valence electrons. The Balaban J connectivity index is 3.88. The van der Waals surface area contributed by atoms with Gasteiger partial charge in [0, 0.05) is 18.6 Å². The molecule has 0 aliphatic carbocycles. The Hall–Kier alpha value is -0.120. The minimum atomic E-state index is 0.657. The topological polar surface area (TPSA) is 18.5 Å². The van der Waals surface area contributed by atoms with E-state index in [0.29, 0.717) is 12.1 Å². The van der Waals surface area contributed by atoms with Gasteiger partial charge in [-0.25, -0.2) is 0 Å². The molecule has 0 bridgehead atoms. The molecule has 0 spiro atoms. The summed E-state index contributed by atoms with van der Waals surface area (Å²) in [6, 6.07) is 1.35. The van der Waals surface area contributed by atoms with Crippen molar-refractivity contribution in [2.75, 3.05) is 40.8 Å². The lowest BCUT2D eigenvalue weighted by Gasteiger charge is -2.30. The van der Waals surface area contributed by atoms with Crippen molar-refractivity contribution in [3.05, 3.63) is 0 Å². The van der Waals surface area contributed by atoms with Crippen LogP contribution in [0.4, 0.5) is 0 Å². The molecule has 17 heavy (non-hydrogen) atoms. The number of hydrogen-bond donors (Lipinski definition) is 1. The summed E-state index contributed by atoms with van der Waals surface area (Å²) in [5, 5.41) is 3.38. The predicted molar refractivity (Wildman–Crippen MR) is 77.6 cm³/mol. The largest absolute Gasteiger partial charge is 0.317 e. The maximum absolute atomic E-state index is 3.38. The first-order valence-corrected chi connectivity index (χ1v) is 7.11. The first kappa shape index (κ1) is 16.9. The van der Waals surface area contributed by atoms with Crippen LogP contribution in [0.25, 0.3) is 0 Å². The summed E-state index contributed by atoms with van der Waals surface area (Å²) in [4.78, 5) is 4.86. The van der Waals surface area contributed by atoms with Gasteiger partial charge in [0.05, 0.1) is 0 Å². The highest BCUT2D eigenvalue weighted by molar-refractivity contribution is 4.70. The Bertz CT molecular complexity index is 167.